The Morgan fingerprint density at radius 3 is 2.27 bits per heavy atom. The number of para-hydroxylation sites is 1. The summed E-state index contributed by atoms with van der Waals surface area (Å²) in [7, 11) is 1.54. The second-order valence-electron chi connectivity index (χ2n) is 9.19. The maximum atomic E-state index is 14.0. The molecule has 0 aliphatic carbocycles. The van der Waals surface area contributed by atoms with E-state index in [1.165, 1.54) is 31.4 Å². The van der Waals surface area contributed by atoms with E-state index in [2.05, 4.69) is 0 Å². The number of carbonyl (C=O) groups excluding carboxylic acids is 3. The predicted octanol–water partition coefficient (Wildman–Crippen LogP) is 3.88. The summed E-state index contributed by atoms with van der Waals surface area (Å²) in [5, 5.41) is 11.1. The van der Waals surface area contributed by atoms with Crippen molar-refractivity contribution in [2.45, 2.75) is 12.1 Å². The van der Waals surface area contributed by atoms with Gasteiger partial charge in [0.2, 0.25) is 11.8 Å². The molecule has 3 aromatic carbocycles. The molecule has 4 atom stereocenters. The first-order valence-corrected chi connectivity index (χ1v) is 11.8. The molecule has 9 heteroatoms. The average Bonchev–Trinajstić information content (AvgIpc) is 3.41. The van der Waals surface area contributed by atoms with E-state index in [1.807, 2.05) is 41.3 Å². The quantitative estimate of drug-likeness (QED) is 0.229. The van der Waals surface area contributed by atoms with Gasteiger partial charge >= 0.3 is 0 Å². The normalized spacial score (nSPS) is 23.5. The van der Waals surface area contributed by atoms with Gasteiger partial charge in [-0.1, -0.05) is 30.4 Å². The number of carbonyl (C=O) groups is 3. The number of non-ortho nitro benzene ring substituents is 1. The summed E-state index contributed by atoms with van der Waals surface area (Å²) in [4.78, 5) is 55.1. The molecular weight excluding hydrogens is 474 g/mol. The zero-order chi connectivity index (χ0) is 25.8. The van der Waals surface area contributed by atoms with Crippen molar-refractivity contribution in [3.05, 3.63) is 100 Å². The van der Waals surface area contributed by atoms with Crippen LogP contribution in [0.15, 0.2) is 78.9 Å². The fourth-order valence-electron chi connectivity index (χ4n) is 5.72. The van der Waals surface area contributed by atoms with E-state index in [0.29, 0.717) is 11.3 Å². The van der Waals surface area contributed by atoms with E-state index in [4.69, 9.17) is 4.74 Å². The van der Waals surface area contributed by atoms with Crippen LogP contribution in [-0.4, -0.2) is 41.7 Å². The number of anilines is 2. The molecule has 0 bridgehead atoms. The molecule has 6 rings (SSSR count). The number of ketones is 1. The Bertz CT molecular complexity index is 1480. The van der Waals surface area contributed by atoms with E-state index < -0.39 is 40.7 Å². The first-order chi connectivity index (χ1) is 17.9. The van der Waals surface area contributed by atoms with Gasteiger partial charge in [-0.2, -0.15) is 0 Å². The number of imide groups is 1. The van der Waals surface area contributed by atoms with E-state index in [-0.39, 0.29) is 17.2 Å². The number of nitro groups is 1. The van der Waals surface area contributed by atoms with Crippen molar-refractivity contribution in [1.82, 2.24) is 0 Å². The van der Waals surface area contributed by atoms with Crippen LogP contribution in [0.3, 0.4) is 0 Å². The smallest absolute Gasteiger partial charge is 0.269 e. The third-order valence-corrected chi connectivity index (χ3v) is 7.38. The van der Waals surface area contributed by atoms with Crippen LogP contribution in [-0.2, 0) is 9.59 Å². The number of hydrogen-bond acceptors (Lipinski definition) is 7. The highest BCUT2D eigenvalue weighted by Gasteiger charge is 2.64. The largest absolute Gasteiger partial charge is 0.497 e. The van der Waals surface area contributed by atoms with Gasteiger partial charge in [-0.05, 0) is 48.0 Å². The van der Waals surface area contributed by atoms with Crippen molar-refractivity contribution >= 4 is 40.7 Å². The van der Waals surface area contributed by atoms with Gasteiger partial charge < -0.3 is 9.64 Å². The Labute approximate surface area is 211 Å². The molecule has 0 N–H and O–H groups in total. The number of nitro benzene ring substituents is 1. The first-order valence-electron chi connectivity index (χ1n) is 11.8. The molecule has 184 valence electrons. The lowest BCUT2D eigenvalue weighted by molar-refractivity contribution is -0.384. The Morgan fingerprint density at radius 1 is 0.919 bits per heavy atom. The number of amides is 2. The standard InChI is InChI=1S/C28H21N3O6/c1-37-20-13-6-17(7-14-20)26(32)25-24-23(22-15-8-16-4-2-3-5-21(16)30(22)25)27(33)29(28(24)34)18-9-11-19(12-10-18)31(35)36/h2-15,22-25H,1H3/t22-,23-,24+,25-/m0/s1. The third kappa shape index (κ3) is 3.35. The Hall–Kier alpha value is -4.79. The summed E-state index contributed by atoms with van der Waals surface area (Å²) in [6, 6.07) is 18.2. The average molecular weight is 495 g/mol. The number of methoxy groups -OCH3 is 1. The van der Waals surface area contributed by atoms with Crippen molar-refractivity contribution < 1.29 is 24.0 Å². The molecule has 0 unspecified atom stereocenters. The fourth-order valence-corrected chi connectivity index (χ4v) is 5.72. The van der Waals surface area contributed by atoms with E-state index >= 15 is 0 Å². The van der Waals surface area contributed by atoms with Crippen molar-refractivity contribution in [3.8, 4) is 5.75 Å². The Balaban J connectivity index is 1.45. The number of rotatable bonds is 5. The molecule has 2 saturated heterocycles. The maximum Gasteiger partial charge on any atom is 0.269 e. The number of Topliss-reactive ketones (excluding diaryl/α,β-unsaturated/α-hetero) is 1. The van der Waals surface area contributed by atoms with Crippen LogP contribution in [0.1, 0.15) is 15.9 Å². The number of ether oxygens (including phenoxy) is 1. The maximum absolute atomic E-state index is 14.0. The molecule has 0 saturated carbocycles. The molecule has 3 heterocycles. The minimum Gasteiger partial charge on any atom is -0.497 e. The molecule has 37 heavy (non-hydrogen) atoms. The van der Waals surface area contributed by atoms with Crippen LogP contribution in [0.4, 0.5) is 17.1 Å². The van der Waals surface area contributed by atoms with Gasteiger partial charge in [0.1, 0.15) is 11.8 Å². The van der Waals surface area contributed by atoms with Gasteiger partial charge in [-0.3, -0.25) is 24.5 Å². The first kappa shape index (κ1) is 22.7. The van der Waals surface area contributed by atoms with Gasteiger partial charge in [0.15, 0.2) is 5.78 Å². The molecule has 3 aliphatic heterocycles. The van der Waals surface area contributed by atoms with Gasteiger partial charge in [0.05, 0.1) is 35.6 Å². The summed E-state index contributed by atoms with van der Waals surface area (Å²) >= 11 is 0. The molecular formula is C28H21N3O6. The number of benzene rings is 3. The summed E-state index contributed by atoms with van der Waals surface area (Å²) < 4.78 is 5.22. The number of hydrogen-bond donors (Lipinski definition) is 0. The molecule has 9 nitrogen and oxygen atoms in total. The predicted molar refractivity (Wildman–Crippen MR) is 135 cm³/mol. The monoisotopic (exact) mass is 495 g/mol. The Morgan fingerprint density at radius 2 is 1.59 bits per heavy atom. The van der Waals surface area contributed by atoms with Crippen molar-refractivity contribution in [3.63, 3.8) is 0 Å². The zero-order valence-corrected chi connectivity index (χ0v) is 19.7. The second kappa shape index (κ2) is 8.41. The highest BCUT2D eigenvalue weighted by Crippen LogP contribution is 2.49. The number of fused-ring (bicyclic) bond motifs is 5. The van der Waals surface area contributed by atoms with Gasteiger partial charge in [0, 0.05) is 23.4 Å². The van der Waals surface area contributed by atoms with Crippen LogP contribution >= 0.6 is 0 Å². The molecule has 2 fully saturated rings. The minimum atomic E-state index is -0.918. The van der Waals surface area contributed by atoms with Crippen LogP contribution in [0.25, 0.3) is 6.08 Å². The van der Waals surface area contributed by atoms with Gasteiger partial charge in [0.25, 0.3) is 5.69 Å². The summed E-state index contributed by atoms with van der Waals surface area (Å²) in [5.41, 5.74) is 2.20. The molecule has 2 amide bonds. The number of nitrogens with zero attached hydrogens (tertiary/aromatic N) is 3. The van der Waals surface area contributed by atoms with Crippen LogP contribution in [0.5, 0.6) is 5.75 Å². The summed E-state index contributed by atoms with van der Waals surface area (Å²) in [6.45, 7) is 0. The molecule has 0 aromatic heterocycles. The lowest BCUT2D eigenvalue weighted by Gasteiger charge is -2.36. The molecule has 3 aliphatic rings. The van der Waals surface area contributed by atoms with E-state index in [0.717, 1.165) is 16.2 Å². The molecule has 3 aromatic rings. The van der Waals surface area contributed by atoms with Crippen molar-refractivity contribution in [1.29, 1.82) is 0 Å². The summed E-state index contributed by atoms with van der Waals surface area (Å²) in [5.74, 6) is -2.28. The van der Waals surface area contributed by atoms with E-state index in [9.17, 15) is 24.5 Å². The highest BCUT2D eigenvalue weighted by molar-refractivity contribution is 6.25. The molecule has 0 radical (unpaired) electrons. The third-order valence-electron chi connectivity index (χ3n) is 7.38. The van der Waals surface area contributed by atoms with E-state index in [1.54, 1.807) is 24.3 Å². The summed E-state index contributed by atoms with van der Waals surface area (Å²) in [6.07, 6.45) is 3.80. The van der Waals surface area contributed by atoms with Crippen LogP contribution in [0, 0.1) is 22.0 Å². The fraction of sp³-hybridized carbons (Fsp3) is 0.179. The topological polar surface area (TPSA) is 110 Å². The lowest BCUT2D eigenvalue weighted by Crippen LogP contribution is -2.48. The second-order valence-corrected chi connectivity index (χ2v) is 9.19. The Kier molecular flexibility index (Phi) is 5.15. The van der Waals surface area contributed by atoms with Crippen LogP contribution in [0.2, 0.25) is 0 Å². The highest BCUT2D eigenvalue weighted by atomic mass is 16.6. The van der Waals surface area contributed by atoms with Gasteiger partial charge in [-0.15, -0.1) is 0 Å². The van der Waals surface area contributed by atoms with Crippen molar-refractivity contribution in [2.75, 3.05) is 16.9 Å². The zero-order valence-electron chi connectivity index (χ0n) is 19.7. The SMILES string of the molecule is COc1ccc(C(=O)[C@@H]2[C@@H]3C(=O)N(c4ccc([N+](=O)[O-])cc4)C(=O)[C@H]3[C@@H]3C=Cc4ccccc4N23)cc1. The van der Waals surface area contributed by atoms with Gasteiger partial charge in [-0.25, -0.2) is 4.90 Å². The lowest BCUT2D eigenvalue weighted by atomic mass is 9.86. The van der Waals surface area contributed by atoms with Crippen molar-refractivity contribution in [2.24, 2.45) is 11.8 Å². The minimum absolute atomic E-state index is 0.145. The molecule has 0 spiro atoms. The van der Waals surface area contributed by atoms with Crippen LogP contribution < -0.4 is 14.5 Å².